The minimum atomic E-state index is -0.0723. The average Bonchev–Trinajstić information content (AvgIpc) is 2.30. The number of Topliss-reactive ketones (excluding diaryl/α,β-unsaturated/α-hetero) is 1. The zero-order valence-corrected chi connectivity index (χ0v) is 7.60. The summed E-state index contributed by atoms with van der Waals surface area (Å²) in [6.45, 7) is 1.06. The standard InChI is InChI=1S/C11H10O3/c12-11(9-3-1-5-13-7-9)10-4-2-6-14-8-10/h1-4,7-8H,5-6H2. The minimum absolute atomic E-state index is 0.0723. The second kappa shape index (κ2) is 3.96. The summed E-state index contributed by atoms with van der Waals surface area (Å²) in [5, 5.41) is 0. The molecule has 3 heteroatoms. The molecule has 0 atom stereocenters. The number of allylic oxidation sites excluding steroid dienone is 4. The van der Waals surface area contributed by atoms with Gasteiger partial charge in [0.2, 0.25) is 0 Å². The molecule has 0 bridgehead atoms. The van der Waals surface area contributed by atoms with Gasteiger partial charge in [0.05, 0.1) is 23.7 Å². The van der Waals surface area contributed by atoms with E-state index in [0.717, 1.165) is 0 Å². The summed E-state index contributed by atoms with van der Waals surface area (Å²) in [7, 11) is 0. The summed E-state index contributed by atoms with van der Waals surface area (Å²) in [6, 6.07) is 0. The second-order valence-electron chi connectivity index (χ2n) is 2.95. The van der Waals surface area contributed by atoms with E-state index in [-0.39, 0.29) is 5.78 Å². The zero-order chi connectivity index (χ0) is 9.80. The molecular weight excluding hydrogens is 180 g/mol. The Balaban J connectivity index is 2.15. The van der Waals surface area contributed by atoms with Crippen LogP contribution in [0.1, 0.15) is 0 Å². The van der Waals surface area contributed by atoms with Gasteiger partial charge in [-0.25, -0.2) is 0 Å². The molecule has 0 aromatic rings. The molecule has 0 saturated heterocycles. The largest absolute Gasteiger partial charge is 0.496 e. The lowest BCUT2D eigenvalue weighted by Gasteiger charge is -2.10. The number of hydrogen-bond acceptors (Lipinski definition) is 3. The highest BCUT2D eigenvalue weighted by atomic mass is 16.5. The van der Waals surface area contributed by atoms with Gasteiger partial charge in [-0.2, -0.15) is 0 Å². The molecule has 0 N–H and O–H groups in total. The Labute approximate surface area is 82.0 Å². The van der Waals surface area contributed by atoms with Crippen LogP contribution in [0.15, 0.2) is 48.0 Å². The van der Waals surface area contributed by atoms with Crippen molar-refractivity contribution in [3.8, 4) is 0 Å². The molecule has 2 heterocycles. The molecule has 0 saturated carbocycles. The Kier molecular flexibility index (Phi) is 2.49. The first-order valence-corrected chi connectivity index (χ1v) is 4.39. The molecule has 0 fully saturated rings. The molecule has 0 aromatic carbocycles. The van der Waals surface area contributed by atoms with Crippen LogP contribution in [-0.2, 0) is 14.3 Å². The van der Waals surface area contributed by atoms with Crippen LogP contribution in [0.4, 0.5) is 0 Å². The van der Waals surface area contributed by atoms with Crippen molar-refractivity contribution in [1.82, 2.24) is 0 Å². The molecule has 0 spiro atoms. The second-order valence-corrected chi connectivity index (χ2v) is 2.95. The fourth-order valence-corrected chi connectivity index (χ4v) is 1.24. The van der Waals surface area contributed by atoms with Gasteiger partial charge in [0, 0.05) is 0 Å². The van der Waals surface area contributed by atoms with Gasteiger partial charge in [0.1, 0.15) is 13.2 Å². The molecule has 72 valence electrons. The summed E-state index contributed by atoms with van der Waals surface area (Å²) >= 11 is 0. The monoisotopic (exact) mass is 190 g/mol. The topological polar surface area (TPSA) is 35.5 Å². The molecule has 3 nitrogen and oxygen atoms in total. The Bertz CT molecular complexity index is 325. The van der Waals surface area contributed by atoms with E-state index in [4.69, 9.17) is 9.47 Å². The van der Waals surface area contributed by atoms with E-state index in [2.05, 4.69) is 0 Å². The van der Waals surface area contributed by atoms with E-state index in [9.17, 15) is 4.79 Å². The highest BCUT2D eigenvalue weighted by Crippen LogP contribution is 2.14. The van der Waals surface area contributed by atoms with E-state index in [1.54, 1.807) is 24.3 Å². The Morgan fingerprint density at radius 2 is 1.50 bits per heavy atom. The van der Waals surface area contributed by atoms with Crippen LogP contribution in [0, 0.1) is 0 Å². The van der Waals surface area contributed by atoms with Crippen molar-refractivity contribution in [2.75, 3.05) is 13.2 Å². The molecular formula is C11H10O3. The van der Waals surface area contributed by atoms with E-state index in [1.807, 2.05) is 0 Å². The van der Waals surface area contributed by atoms with E-state index in [1.165, 1.54) is 12.5 Å². The first-order chi connectivity index (χ1) is 6.88. The van der Waals surface area contributed by atoms with E-state index < -0.39 is 0 Å². The molecule has 0 aliphatic carbocycles. The summed E-state index contributed by atoms with van der Waals surface area (Å²) in [6.07, 6.45) is 10.1. The van der Waals surface area contributed by atoms with Crippen LogP contribution >= 0.6 is 0 Å². The van der Waals surface area contributed by atoms with Gasteiger partial charge >= 0.3 is 0 Å². The van der Waals surface area contributed by atoms with Crippen molar-refractivity contribution in [3.63, 3.8) is 0 Å². The molecule has 0 radical (unpaired) electrons. The Hall–Kier alpha value is -1.77. The third kappa shape index (κ3) is 1.76. The van der Waals surface area contributed by atoms with Crippen LogP contribution in [0.25, 0.3) is 0 Å². The third-order valence-electron chi connectivity index (χ3n) is 1.92. The number of ketones is 1. The lowest BCUT2D eigenvalue weighted by Crippen LogP contribution is -2.09. The van der Waals surface area contributed by atoms with Gasteiger partial charge in [-0.15, -0.1) is 0 Å². The van der Waals surface area contributed by atoms with Crippen molar-refractivity contribution in [2.24, 2.45) is 0 Å². The summed E-state index contributed by atoms with van der Waals surface area (Å²) in [4.78, 5) is 11.8. The third-order valence-corrected chi connectivity index (χ3v) is 1.92. The minimum Gasteiger partial charge on any atom is -0.496 e. The molecule has 14 heavy (non-hydrogen) atoms. The predicted molar refractivity (Wildman–Crippen MR) is 51.4 cm³/mol. The van der Waals surface area contributed by atoms with Crippen LogP contribution in [0.5, 0.6) is 0 Å². The van der Waals surface area contributed by atoms with Gasteiger partial charge in [-0.05, 0) is 24.3 Å². The van der Waals surface area contributed by atoms with Crippen LogP contribution in [0.3, 0.4) is 0 Å². The Morgan fingerprint density at radius 1 is 1.00 bits per heavy atom. The highest BCUT2D eigenvalue weighted by molar-refractivity contribution is 6.11. The first kappa shape index (κ1) is 8.81. The first-order valence-electron chi connectivity index (χ1n) is 4.39. The van der Waals surface area contributed by atoms with Crippen molar-refractivity contribution in [2.45, 2.75) is 0 Å². The molecule has 0 amide bonds. The van der Waals surface area contributed by atoms with Crippen molar-refractivity contribution in [1.29, 1.82) is 0 Å². The smallest absolute Gasteiger partial charge is 0.199 e. The number of rotatable bonds is 2. The van der Waals surface area contributed by atoms with E-state index >= 15 is 0 Å². The zero-order valence-electron chi connectivity index (χ0n) is 7.60. The van der Waals surface area contributed by atoms with Crippen LogP contribution in [0.2, 0.25) is 0 Å². The number of ether oxygens (including phenoxy) is 2. The number of carbonyl (C=O) groups excluding carboxylic acids is 1. The number of hydrogen-bond donors (Lipinski definition) is 0. The van der Waals surface area contributed by atoms with Gasteiger partial charge in [0.15, 0.2) is 5.78 Å². The van der Waals surface area contributed by atoms with Gasteiger partial charge in [-0.1, -0.05) is 0 Å². The molecule has 2 aliphatic heterocycles. The van der Waals surface area contributed by atoms with Crippen molar-refractivity contribution in [3.05, 3.63) is 48.0 Å². The predicted octanol–water partition coefficient (Wildman–Crippen LogP) is 1.50. The van der Waals surface area contributed by atoms with Gasteiger partial charge in [-0.3, -0.25) is 4.79 Å². The number of carbonyl (C=O) groups is 1. The fraction of sp³-hybridized carbons (Fsp3) is 0.182. The normalized spacial score (nSPS) is 19.1. The highest BCUT2D eigenvalue weighted by Gasteiger charge is 2.14. The van der Waals surface area contributed by atoms with E-state index in [0.29, 0.717) is 24.4 Å². The quantitative estimate of drug-likeness (QED) is 0.661. The summed E-state index contributed by atoms with van der Waals surface area (Å²) < 4.78 is 10.1. The molecule has 2 rings (SSSR count). The summed E-state index contributed by atoms with van der Waals surface area (Å²) in [5.74, 6) is -0.0723. The lowest BCUT2D eigenvalue weighted by atomic mass is 10.0. The average molecular weight is 190 g/mol. The molecule has 0 aromatic heterocycles. The SMILES string of the molecule is O=C(C1=COCC=C1)C1=COCC=C1. The fourth-order valence-electron chi connectivity index (χ4n) is 1.24. The van der Waals surface area contributed by atoms with Crippen molar-refractivity contribution >= 4 is 5.78 Å². The van der Waals surface area contributed by atoms with Crippen LogP contribution in [-0.4, -0.2) is 19.0 Å². The van der Waals surface area contributed by atoms with Crippen LogP contribution < -0.4 is 0 Å². The maximum Gasteiger partial charge on any atom is 0.199 e. The molecule has 2 aliphatic rings. The van der Waals surface area contributed by atoms with Gasteiger partial charge < -0.3 is 9.47 Å². The summed E-state index contributed by atoms with van der Waals surface area (Å²) in [5.41, 5.74) is 1.11. The molecule has 0 unspecified atom stereocenters. The van der Waals surface area contributed by atoms with Gasteiger partial charge in [0.25, 0.3) is 0 Å². The van der Waals surface area contributed by atoms with Crippen molar-refractivity contribution < 1.29 is 14.3 Å². The lowest BCUT2D eigenvalue weighted by molar-refractivity contribution is -0.112. The Morgan fingerprint density at radius 3 is 1.86 bits per heavy atom. The maximum atomic E-state index is 11.8. The maximum absolute atomic E-state index is 11.8.